The molecule has 7 nitrogen and oxygen atoms in total. The van der Waals surface area contributed by atoms with E-state index in [0.717, 1.165) is 5.56 Å². The van der Waals surface area contributed by atoms with Gasteiger partial charge in [-0.15, -0.1) is 0 Å². The summed E-state index contributed by atoms with van der Waals surface area (Å²) in [6.07, 6.45) is 4.75. The lowest BCUT2D eigenvalue weighted by molar-refractivity contribution is -0.141. The maximum atomic E-state index is 13.3. The van der Waals surface area contributed by atoms with Gasteiger partial charge < -0.3 is 15.1 Å². The van der Waals surface area contributed by atoms with E-state index in [0.29, 0.717) is 57.8 Å². The lowest BCUT2D eigenvalue weighted by Crippen LogP contribution is -2.53. The lowest BCUT2D eigenvalue weighted by atomic mass is 9.95. The van der Waals surface area contributed by atoms with E-state index in [2.05, 4.69) is 5.32 Å². The first-order chi connectivity index (χ1) is 17.0. The Hall–Kier alpha value is -3.52. The Morgan fingerprint density at radius 3 is 2.29 bits per heavy atom. The second-order valence-electron chi connectivity index (χ2n) is 9.00. The monoisotopic (exact) mass is 478 g/mol. The van der Waals surface area contributed by atoms with E-state index in [1.807, 2.05) is 46.2 Å². The van der Waals surface area contributed by atoms with Crippen LogP contribution in [-0.4, -0.2) is 78.2 Å². The van der Waals surface area contributed by atoms with Gasteiger partial charge in [-0.1, -0.05) is 36.4 Å². The van der Waals surface area contributed by atoms with E-state index < -0.39 is 5.82 Å². The third kappa shape index (κ3) is 6.99. The largest absolute Gasteiger partial charge is 0.340 e. The first-order valence-electron chi connectivity index (χ1n) is 12.1. The Labute approximate surface area is 205 Å². The number of anilines is 1. The van der Waals surface area contributed by atoms with Gasteiger partial charge in [-0.05, 0) is 42.7 Å². The molecule has 4 rings (SSSR count). The molecule has 35 heavy (non-hydrogen) atoms. The first-order valence-corrected chi connectivity index (χ1v) is 12.1. The van der Waals surface area contributed by atoms with Crippen LogP contribution >= 0.6 is 0 Å². The number of hydrogen-bond acceptors (Lipinski definition) is 4. The molecule has 0 spiro atoms. The van der Waals surface area contributed by atoms with Crippen LogP contribution < -0.4 is 5.32 Å². The van der Waals surface area contributed by atoms with E-state index in [1.54, 1.807) is 23.1 Å². The lowest BCUT2D eigenvalue weighted by Gasteiger charge is -2.38. The predicted molar refractivity (Wildman–Crippen MR) is 133 cm³/mol. The summed E-state index contributed by atoms with van der Waals surface area (Å²) in [7, 11) is 0. The second-order valence-corrected chi connectivity index (χ2v) is 9.00. The number of amides is 3. The quantitative estimate of drug-likeness (QED) is 0.648. The Bertz CT molecular complexity index is 1060. The van der Waals surface area contributed by atoms with Gasteiger partial charge in [0.1, 0.15) is 5.82 Å². The summed E-state index contributed by atoms with van der Waals surface area (Å²) in [4.78, 5) is 43.5. The highest BCUT2D eigenvalue weighted by Gasteiger charge is 2.31. The van der Waals surface area contributed by atoms with Crippen LogP contribution in [0.25, 0.3) is 6.08 Å². The van der Waals surface area contributed by atoms with Crippen LogP contribution in [0.4, 0.5) is 10.1 Å². The second kappa shape index (κ2) is 11.8. The van der Waals surface area contributed by atoms with Crippen molar-refractivity contribution in [3.63, 3.8) is 0 Å². The fourth-order valence-corrected chi connectivity index (χ4v) is 4.54. The number of nitrogens with zero attached hydrogens (tertiary/aromatic N) is 3. The van der Waals surface area contributed by atoms with Crippen molar-refractivity contribution in [1.82, 2.24) is 14.7 Å². The molecule has 1 N–H and O–H groups in total. The highest BCUT2D eigenvalue weighted by molar-refractivity contribution is 5.92. The molecule has 0 saturated carbocycles. The van der Waals surface area contributed by atoms with Gasteiger partial charge in [0.25, 0.3) is 0 Å². The maximum Gasteiger partial charge on any atom is 0.246 e. The zero-order valence-electron chi connectivity index (χ0n) is 19.7. The van der Waals surface area contributed by atoms with Crippen LogP contribution in [0.5, 0.6) is 0 Å². The number of benzene rings is 2. The van der Waals surface area contributed by atoms with Gasteiger partial charge in [-0.25, -0.2) is 4.39 Å². The SMILES string of the molecule is O=C(CN1CCN(C(=O)C2CCN(C(=O)/C=C/c3ccccc3)CC2)CC1)Nc1cccc(F)c1. The van der Waals surface area contributed by atoms with Crippen LogP contribution in [0.3, 0.4) is 0 Å². The summed E-state index contributed by atoms with van der Waals surface area (Å²) in [5.41, 5.74) is 1.42. The van der Waals surface area contributed by atoms with Crippen molar-refractivity contribution >= 4 is 29.5 Å². The fourth-order valence-electron chi connectivity index (χ4n) is 4.54. The zero-order valence-corrected chi connectivity index (χ0v) is 19.7. The number of piperazine rings is 1. The number of likely N-dealkylation sites (tertiary alicyclic amines) is 1. The molecule has 3 amide bonds. The van der Waals surface area contributed by atoms with E-state index in [1.165, 1.54) is 12.1 Å². The highest BCUT2D eigenvalue weighted by atomic mass is 19.1. The molecule has 8 heteroatoms. The molecule has 2 aliphatic rings. The number of halogens is 1. The number of carbonyl (C=O) groups is 3. The highest BCUT2D eigenvalue weighted by Crippen LogP contribution is 2.21. The molecule has 0 radical (unpaired) electrons. The van der Waals surface area contributed by atoms with Crippen LogP contribution in [0, 0.1) is 11.7 Å². The summed E-state index contributed by atoms with van der Waals surface area (Å²) in [5, 5.41) is 2.71. The van der Waals surface area contributed by atoms with Crippen LogP contribution in [-0.2, 0) is 14.4 Å². The average Bonchev–Trinajstić information content (AvgIpc) is 2.88. The van der Waals surface area contributed by atoms with E-state index in [4.69, 9.17) is 0 Å². The number of rotatable bonds is 6. The summed E-state index contributed by atoms with van der Waals surface area (Å²) in [6.45, 7) is 3.74. The molecule has 0 aliphatic carbocycles. The summed E-state index contributed by atoms with van der Waals surface area (Å²) in [5.74, 6) is -0.548. The van der Waals surface area contributed by atoms with E-state index in [-0.39, 0.29) is 30.2 Å². The Kier molecular flexibility index (Phi) is 8.26. The molecule has 2 fully saturated rings. The molecule has 2 heterocycles. The van der Waals surface area contributed by atoms with Gasteiger partial charge in [0, 0.05) is 56.9 Å². The molecular formula is C27H31FN4O3. The van der Waals surface area contributed by atoms with Gasteiger partial charge in [0.2, 0.25) is 17.7 Å². The van der Waals surface area contributed by atoms with Gasteiger partial charge in [0.05, 0.1) is 6.54 Å². The molecular weight excluding hydrogens is 447 g/mol. The number of nitrogens with one attached hydrogen (secondary N) is 1. The Morgan fingerprint density at radius 2 is 1.60 bits per heavy atom. The summed E-state index contributed by atoms with van der Waals surface area (Å²) in [6, 6.07) is 15.5. The van der Waals surface area contributed by atoms with Crippen molar-refractivity contribution in [3.8, 4) is 0 Å². The minimum absolute atomic E-state index is 0.0233. The van der Waals surface area contributed by atoms with Crippen molar-refractivity contribution in [1.29, 1.82) is 0 Å². The number of piperidine rings is 1. The molecule has 2 aromatic rings. The Morgan fingerprint density at radius 1 is 0.886 bits per heavy atom. The van der Waals surface area contributed by atoms with Gasteiger partial charge in [-0.3, -0.25) is 19.3 Å². The topological polar surface area (TPSA) is 73.0 Å². The average molecular weight is 479 g/mol. The molecule has 2 aliphatic heterocycles. The molecule has 0 unspecified atom stereocenters. The molecule has 2 aromatic carbocycles. The Balaban J connectivity index is 1.17. The van der Waals surface area contributed by atoms with Crippen LogP contribution in [0.2, 0.25) is 0 Å². The zero-order chi connectivity index (χ0) is 24.6. The molecule has 184 valence electrons. The van der Waals surface area contributed by atoms with Crippen molar-refractivity contribution in [3.05, 3.63) is 72.1 Å². The first kappa shape index (κ1) is 24.6. The minimum atomic E-state index is -0.395. The van der Waals surface area contributed by atoms with Crippen molar-refractivity contribution in [2.45, 2.75) is 12.8 Å². The third-order valence-corrected chi connectivity index (χ3v) is 6.53. The normalized spacial score (nSPS) is 17.5. The predicted octanol–water partition coefficient (Wildman–Crippen LogP) is 2.86. The third-order valence-electron chi connectivity index (χ3n) is 6.53. The minimum Gasteiger partial charge on any atom is -0.340 e. The summed E-state index contributed by atoms with van der Waals surface area (Å²) >= 11 is 0. The molecule has 0 aromatic heterocycles. The maximum absolute atomic E-state index is 13.3. The van der Waals surface area contributed by atoms with Crippen molar-refractivity contribution in [2.24, 2.45) is 5.92 Å². The molecule has 2 saturated heterocycles. The molecule has 0 bridgehead atoms. The fraction of sp³-hybridized carbons (Fsp3) is 0.370. The smallest absolute Gasteiger partial charge is 0.246 e. The van der Waals surface area contributed by atoms with Crippen molar-refractivity contribution in [2.75, 3.05) is 51.1 Å². The number of hydrogen-bond donors (Lipinski definition) is 1. The molecule has 0 atom stereocenters. The van der Waals surface area contributed by atoms with Gasteiger partial charge in [0.15, 0.2) is 0 Å². The summed E-state index contributed by atoms with van der Waals surface area (Å²) < 4.78 is 13.3. The van der Waals surface area contributed by atoms with Gasteiger partial charge in [-0.2, -0.15) is 0 Å². The van der Waals surface area contributed by atoms with Crippen LogP contribution in [0.1, 0.15) is 18.4 Å². The number of carbonyl (C=O) groups excluding carboxylic acids is 3. The van der Waals surface area contributed by atoms with E-state index >= 15 is 0 Å². The van der Waals surface area contributed by atoms with E-state index in [9.17, 15) is 18.8 Å². The van der Waals surface area contributed by atoms with Gasteiger partial charge >= 0.3 is 0 Å². The van der Waals surface area contributed by atoms with Crippen molar-refractivity contribution < 1.29 is 18.8 Å². The standard InChI is InChI=1S/C27H31FN4O3/c28-23-7-4-8-24(19-23)29-25(33)20-30-15-17-32(18-16-30)27(35)22-11-13-31(14-12-22)26(34)10-9-21-5-2-1-3-6-21/h1-10,19,22H,11-18,20H2,(H,29,33)/b10-9+. The van der Waals surface area contributed by atoms with Crippen LogP contribution in [0.15, 0.2) is 60.7 Å².